The Labute approximate surface area is 160 Å². The molecule has 0 saturated heterocycles. The van der Waals surface area contributed by atoms with Gasteiger partial charge in [0.25, 0.3) is 0 Å². The Morgan fingerprint density at radius 1 is 1.15 bits per heavy atom. The van der Waals surface area contributed by atoms with E-state index in [1.54, 1.807) is 12.1 Å². The van der Waals surface area contributed by atoms with Crippen molar-refractivity contribution in [3.05, 3.63) is 59.7 Å². The van der Waals surface area contributed by atoms with Crippen LogP contribution in [-0.4, -0.2) is 38.3 Å². The number of nitrogens with zero attached hydrogens (tertiary/aromatic N) is 1. The maximum atomic E-state index is 13.3. The van der Waals surface area contributed by atoms with E-state index in [4.69, 9.17) is 4.74 Å². The summed E-state index contributed by atoms with van der Waals surface area (Å²) in [6, 6.07) is 13.1. The van der Waals surface area contributed by atoms with Crippen molar-refractivity contribution in [1.29, 1.82) is 0 Å². The van der Waals surface area contributed by atoms with Gasteiger partial charge in [0.1, 0.15) is 11.8 Å². The predicted octanol–water partition coefficient (Wildman–Crippen LogP) is 2.34. The molecule has 1 N–H and O–H groups in total. The molecule has 0 radical (unpaired) electrons. The van der Waals surface area contributed by atoms with Gasteiger partial charge in [-0.05, 0) is 48.2 Å². The van der Waals surface area contributed by atoms with Crippen LogP contribution in [0.5, 0.6) is 5.75 Å². The van der Waals surface area contributed by atoms with Gasteiger partial charge >= 0.3 is 0 Å². The van der Waals surface area contributed by atoms with Crippen LogP contribution in [0, 0.1) is 0 Å². The van der Waals surface area contributed by atoms with Gasteiger partial charge in [-0.15, -0.1) is 0 Å². The van der Waals surface area contributed by atoms with Crippen LogP contribution in [0.1, 0.15) is 24.5 Å². The Balaban J connectivity index is 1.98. The van der Waals surface area contributed by atoms with Gasteiger partial charge in [0.2, 0.25) is 15.9 Å². The molecule has 144 valence electrons. The molecule has 3 rings (SSSR count). The van der Waals surface area contributed by atoms with Crippen molar-refractivity contribution >= 4 is 15.9 Å². The minimum atomic E-state index is -3.83. The van der Waals surface area contributed by atoms with Gasteiger partial charge in [0.05, 0.1) is 12.0 Å². The van der Waals surface area contributed by atoms with E-state index in [9.17, 15) is 13.2 Å². The van der Waals surface area contributed by atoms with E-state index in [-0.39, 0.29) is 17.3 Å². The summed E-state index contributed by atoms with van der Waals surface area (Å²) in [6.07, 6.45) is 1.15. The molecule has 1 aliphatic rings. The monoisotopic (exact) mass is 388 g/mol. The van der Waals surface area contributed by atoms with Crippen molar-refractivity contribution in [2.75, 3.05) is 13.7 Å². The average molecular weight is 388 g/mol. The number of carbonyl (C=O) groups is 1. The first-order valence-electron chi connectivity index (χ1n) is 8.97. The van der Waals surface area contributed by atoms with Gasteiger partial charge in [0, 0.05) is 13.1 Å². The molecular formula is C20H24N2O4S. The molecule has 6 nitrogen and oxygen atoms in total. The zero-order chi connectivity index (χ0) is 19.4. The van der Waals surface area contributed by atoms with Crippen LogP contribution in [0.25, 0.3) is 0 Å². The number of methoxy groups -OCH3 is 1. The van der Waals surface area contributed by atoms with Crippen molar-refractivity contribution < 1.29 is 17.9 Å². The molecule has 1 aliphatic heterocycles. The third kappa shape index (κ3) is 3.99. The second-order valence-electron chi connectivity index (χ2n) is 6.51. The SMILES string of the molecule is CCCNC(=O)[C@@H]1Cc2ccccc2CN1S(=O)(=O)c1ccc(OC)cc1. The van der Waals surface area contributed by atoms with Crippen LogP contribution in [-0.2, 0) is 27.8 Å². The summed E-state index contributed by atoms with van der Waals surface area (Å²) >= 11 is 0. The van der Waals surface area contributed by atoms with Gasteiger partial charge in [0.15, 0.2) is 0 Å². The number of amides is 1. The first kappa shape index (κ1) is 19.4. The number of hydrogen-bond donors (Lipinski definition) is 1. The fourth-order valence-electron chi connectivity index (χ4n) is 3.22. The van der Waals surface area contributed by atoms with Crippen LogP contribution >= 0.6 is 0 Å². The number of fused-ring (bicyclic) bond motifs is 1. The summed E-state index contributed by atoms with van der Waals surface area (Å²) in [7, 11) is -2.31. The van der Waals surface area contributed by atoms with Crippen molar-refractivity contribution in [3.63, 3.8) is 0 Å². The minimum absolute atomic E-state index is 0.149. The molecule has 0 spiro atoms. The molecule has 0 fully saturated rings. The summed E-state index contributed by atoms with van der Waals surface area (Å²) in [5, 5.41) is 2.84. The highest BCUT2D eigenvalue weighted by Gasteiger charge is 2.39. The van der Waals surface area contributed by atoms with Crippen LogP contribution in [0.15, 0.2) is 53.4 Å². The fraction of sp³-hybridized carbons (Fsp3) is 0.350. The van der Waals surface area contributed by atoms with E-state index in [0.29, 0.717) is 18.7 Å². The second-order valence-corrected chi connectivity index (χ2v) is 8.40. The molecule has 1 heterocycles. The number of benzene rings is 2. The molecule has 1 amide bonds. The van der Waals surface area contributed by atoms with E-state index in [2.05, 4.69) is 5.32 Å². The second kappa shape index (κ2) is 8.10. The van der Waals surface area contributed by atoms with E-state index in [0.717, 1.165) is 17.5 Å². The number of carbonyl (C=O) groups excluding carboxylic acids is 1. The normalized spacial score (nSPS) is 17.2. The third-order valence-corrected chi connectivity index (χ3v) is 6.59. The number of sulfonamides is 1. The van der Waals surface area contributed by atoms with E-state index in [1.807, 2.05) is 31.2 Å². The number of hydrogen-bond acceptors (Lipinski definition) is 4. The summed E-state index contributed by atoms with van der Waals surface area (Å²) < 4.78 is 33.0. The first-order valence-corrected chi connectivity index (χ1v) is 10.4. The highest BCUT2D eigenvalue weighted by Crippen LogP contribution is 2.29. The van der Waals surface area contributed by atoms with Gasteiger partial charge in [-0.3, -0.25) is 4.79 Å². The van der Waals surface area contributed by atoms with Crippen LogP contribution < -0.4 is 10.1 Å². The van der Waals surface area contributed by atoms with E-state index in [1.165, 1.54) is 23.5 Å². The predicted molar refractivity (Wildman–Crippen MR) is 103 cm³/mol. The first-order chi connectivity index (χ1) is 13.0. The Kier molecular flexibility index (Phi) is 5.82. The molecule has 0 saturated carbocycles. The average Bonchev–Trinajstić information content (AvgIpc) is 2.71. The molecule has 0 unspecified atom stereocenters. The Morgan fingerprint density at radius 2 is 1.81 bits per heavy atom. The number of rotatable bonds is 6. The van der Waals surface area contributed by atoms with Gasteiger partial charge in [-0.25, -0.2) is 8.42 Å². The quantitative estimate of drug-likeness (QED) is 0.824. The molecule has 27 heavy (non-hydrogen) atoms. The van der Waals surface area contributed by atoms with Crippen LogP contribution in [0.2, 0.25) is 0 Å². The van der Waals surface area contributed by atoms with Crippen molar-refractivity contribution in [2.24, 2.45) is 0 Å². The Morgan fingerprint density at radius 3 is 2.44 bits per heavy atom. The number of ether oxygens (including phenoxy) is 1. The Hall–Kier alpha value is -2.38. The molecular weight excluding hydrogens is 364 g/mol. The lowest BCUT2D eigenvalue weighted by Gasteiger charge is -2.35. The van der Waals surface area contributed by atoms with E-state index < -0.39 is 16.1 Å². The molecule has 7 heteroatoms. The largest absolute Gasteiger partial charge is 0.497 e. The molecule has 1 atom stereocenters. The van der Waals surface area contributed by atoms with Crippen LogP contribution in [0.3, 0.4) is 0 Å². The lowest BCUT2D eigenvalue weighted by Crippen LogP contribution is -2.52. The lowest BCUT2D eigenvalue weighted by molar-refractivity contribution is -0.125. The summed E-state index contributed by atoms with van der Waals surface area (Å²) in [4.78, 5) is 12.9. The Bertz CT molecular complexity index is 910. The molecule has 0 bridgehead atoms. The summed E-state index contributed by atoms with van der Waals surface area (Å²) in [6.45, 7) is 2.66. The van der Waals surface area contributed by atoms with Crippen molar-refractivity contribution in [2.45, 2.75) is 37.2 Å². The smallest absolute Gasteiger partial charge is 0.244 e. The maximum Gasteiger partial charge on any atom is 0.244 e. The van der Waals surface area contributed by atoms with E-state index >= 15 is 0 Å². The minimum Gasteiger partial charge on any atom is -0.497 e. The van der Waals surface area contributed by atoms with Gasteiger partial charge in [-0.2, -0.15) is 4.31 Å². The van der Waals surface area contributed by atoms with Crippen LogP contribution in [0.4, 0.5) is 0 Å². The molecule has 2 aromatic rings. The zero-order valence-electron chi connectivity index (χ0n) is 15.5. The van der Waals surface area contributed by atoms with Crippen molar-refractivity contribution in [3.8, 4) is 5.75 Å². The third-order valence-electron chi connectivity index (χ3n) is 4.72. The van der Waals surface area contributed by atoms with Crippen molar-refractivity contribution in [1.82, 2.24) is 9.62 Å². The molecule has 0 aliphatic carbocycles. The fourth-order valence-corrected chi connectivity index (χ4v) is 4.79. The van der Waals surface area contributed by atoms with Gasteiger partial charge in [-0.1, -0.05) is 31.2 Å². The standard InChI is InChI=1S/C20H24N2O4S/c1-3-12-21-20(23)19-13-15-6-4-5-7-16(15)14-22(19)27(24,25)18-10-8-17(26-2)9-11-18/h4-11,19H,3,12-14H2,1-2H3,(H,21,23)/t19-/m0/s1. The highest BCUT2D eigenvalue weighted by molar-refractivity contribution is 7.89. The molecule has 0 aromatic heterocycles. The topological polar surface area (TPSA) is 75.7 Å². The maximum absolute atomic E-state index is 13.3. The zero-order valence-corrected chi connectivity index (χ0v) is 16.3. The molecule has 2 aromatic carbocycles. The van der Waals surface area contributed by atoms with Gasteiger partial charge < -0.3 is 10.1 Å². The summed E-state index contributed by atoms with van der Waals surface area (Å²) in [5.41, 5.74) is 1.93. The highest BCUT2D eigenvalue weighted by atomic mass is 32.2. The summed E-state index contributed by atoms with van der Waals surface area (Å²) in [5.74, 6) is 0.318. The number of nitrogens with one attached hydrogen (secondary N) is 1. The lowest BCUT2D eigenvalue weighted by atomic mass is 9.95.